The van der Waals surface area contributed by atoms with Crippen molar-refractivity contribution in [2.75, 3.05) is 5.32 Å². The van der Waals surface area contributed by atoms with E-state index in [9.17, 15) is 10.1 Å². The van der Waals surface area contributed by atoms with Gasteiger partial charge < -0.3 is 10.6 Å². The van der Waals surface area contributed by atoms with Gasteiger partial charge in [0.05, 0.1) is 11.3 Å². The summed E-state index contributed by atoms with van der Waals surface area (Å²) in [5, 5.41) is 24.5. The molecule has 1 fully saturated rings. The van der Waals surface area contributed by atoms with Crippen LogP contribution in [0, 0.1) is 11.3 Å². The van der Waals surface area contributed by atoms with E-state index in [1.54, 1.807) is 0 Å². The van der Waals surface area contributed by atoms with Gasteiger partial charge >= 0.3 is 0 Å². The highest BCUT2D eigenvalue weighted by atomic mass is 32.2. The molecular weight excluding hydrogens is 378 g/mol. The Morgan fingerprint density at radius 3 is 2.74 bits per heavy atom. The quantitative estimate of drug-likeness (QED) is 0.682. The summed E-state index contributed by atoms with van der Waals surface area (Å²) >= 11 is 2.81. The predicted octanol–water partition coefficient (Wildman–Crippen LogP) is 3.97. The molecule has 8 heteroatoms. The normalized spacial score (nSPS) is 16.9. The molecule has 0 bridgehead atoms. The largest absolute Gasteiger partial charge is 0.356 e. The molecule has 0 unspecified atom stereocenters. The van der Waals surface area contributed by atoms with Gasteiger partial charge in [0.1, 0.15) is 5.54 Å². The lowest BCUT2D eigenvalue weighted by molar-refractivity contribution is -0.121. The van der Waals surface area contributed by atoms with Crippen LogP contribution in [0.3, 0.4) is 0 Å². The second-order valence-corrected chi connectivity index (χ2v) is 9.28. The third kappa shape index (κ3) is 5.44. The number of carbonyl (C=O) groups is 1. The molecule has 0 spiro atoms. The van der Waals surface area contributed by atoms with Crippen LogP contribution in [0.2, 0.25) is 0 Å². The van der Waals surface area contributed by atoms with E-state index < -0.39 is 5.54 Å². The summed E-state index contributed by atoms with van der Waals surface area (Å²) in [6.07, 6.45) is 4.58. The van der Waals surface area contributed by atoms with Crippen LogP contribution >= 0.6 is 23.1 Å². The summed E-state index contributed by atoms with van der Waals surface area (Å²) < 4.78 is 0.739. The van der Waals surface area contributed by atoms with Crippen molar-refractivity contribution in [3.63, 3.8) is 0 Å². The topological polar surface area (TPSA) is 90.7 Å². The zero-order valence-corrected chi connectivity index (χ0v) is 16.9. The Balaban J connectivity index is 1.51. The van der Waals surface area contributed by atoms with E-state index in [0.717, 1.165) is 41.6 Å². The molecule has 27 heavy (non-hydrogen) atoms. The maximum atomic E-state index is 12.6. The van der Waals surface area contributed by atoms with Crippen LogP contribution in [0.15, 0.2) is 34.7 Å². The number of nitriles is 1. The first-order valence-corrected chi connectivity index (χ1v) is 10.8. The molecule has 2 N–H and O–H groups in total. The van der Waals surface area contributed by atoms with E-state index in [1.807, 2.05) is 37.3 Å². The number of nitrogens with one attached hydrogen (secondary N) is 2. The highest BCUT2D eigenvalue weighted by Gasteiger charge is 2.35. The van der Waals surface area contributed by atoms with Gasteiger partial charge in [0.15, 0.2) is 4.34 Å². The maximum absolute atomic E-state index is 12.6. The number of thioether (sulfide) groups is 1. The highest BCUT2D eigenvalue weighted by molar-refractivity contribution is 8.02. The Hall–Kier alpha value is -2.11. The average molecular weight is 402 g/mol. The van der Waals surface area contributed by atoms with Crippen molar-refractivity contribution in [2.45, 2.75) is 60.7 Å². The average Bonchev–Trinajstić information content (AvgIpc) is 3.15. The van der Waals surface area contributed by atoms with Crippen LogP contribution in [0.1, 0.15) is 44.6 Å². The molecule has 142 valence electrons. The second kappa shape index (κ2) is 9.20. The fraction of sp³-hybridized carbons (Fsp3) is 0.474. The molecule has 1 saturated carbocycles. The zero-order valence-electron chi connectivity index (χ0n) is 15.3. The molecule has 1 heterocycles. The van der Waals surface area contributed by atoms with Crippen LogP contribution in [0.5, 0.6) is 0 Å². The molecule has 1 aromatic heterocycles. The fourth-order valence-corrected chi connectivity index (χ4v) is 4.96. The van der Waals surface area contributed by atoms with Gasteiger partial charge in [-0.2, -0.15) is 5.26 Å². The molecule has 0 aliphatic heterocycles. The molecular formula is C19H23N5OS2. The van der Waals surface area contributed by atoms with E-state index in [2.05, 4.69) is 26.9 Å². The van der Waals surface area contributed by atoms with Gasteiger partial charge in [0, 0.05) is 6.54 Å². The van der Waals surface area contributed by atoms with Gasteiger partial charge in [0.2, 0.25) is 11.0 Å². The van der Waals surface area contributed by atoms with Gasteiger partial charge in [-0.15, -0.1) is 10.2 Å². The van der Waals surface area contributed by atoms with Crippen LogP contribution in [-0.2, 0) is 11.3 Å². The van der Waals surface area contributed by atoms with Gasteiger partial charge in [-0.3, -0.25) is 4.79 Å². The molecule has 1 amide bonds. The Kier molecular flexibility index (Phi) is 6.69. The minimum absolute atomic E-state index is 0.113. The van der Waals surface area contributed by atoms with Gasteiger partial charge in [-0.1, -0.05) is 72.7 Å². The molecule has 0 radical (unpaired) electrons. The van der Waals surface area contributed by atoms with Crippen LogP contribution in [0.25, 0.3) is 0 Å². The molecule has 3 rings (SSSR count). The van der Waals surface area contributed by atoms with Crippen molar-refractivity contribution in [1.82, 2.24) is 15.5 Å². The van der Waals surface area contributed by atoms with E-state index in [-0.39, 0.29) is 11.2 Å². The van der Waals surface area contributed by atoms with E-state index in [4.69, 9.17) is 0 Å². The molecule has 1 aliphatic carbocycles. The number of hydrogen-bond acceptors (Lipinski definition) is 7. The number of carbonyl (C=O) groups excluding carboxylic acids is 1. The lowest BCUT2D eigenvalue weighted by Crippen LogP contribution is -2.50. The lowest BCUT2D eigenvalue weighted by atomic mass is 9.83. The van der Waals surface area contributed by atoms with Gasteiger partial charge in [-0.05, 0) is 25.3 Å². The third-order valence-electron chi connectivity index (χ3n) is 4.62. The van der Waals surface area contributed by atoms with Crippen molar-refractivity contribution in [2.24, 2.45) is 0 Å². The Labute approximate surface area is 167 Å². The summed E-state index contributed by atoms with van der Waals surface area (Å²) in [4.78, 5) is 12.6. The van der Waals surface area contributed by atoms with Crippen molar-refractivity contribution < 1.29 is 4.79 Å². The first-order chi connectivity index (χ1) is 13.1. The van der Waals surface area contributed by atoms with Crippen molar-refractivity contribution >= 4 is 34.1 Å². The van der Waals surface area contributed by atoms with Crippen LogP contribution in [0.4, 0.5) is 5.13 Å². The highest BCUT2D eigenvalue weighted by Crippen LogP contribution is 2.31. The fourth-order valence-electron chi connectivity index (χ4n) is 3.06. The number of hydrogen-bond donors (Lipinski definition) is 2. The van der Waals surface area contributed by atoms with Gasteiger partial charge in [0.25, 0.3) is 0 Å². The molecule has 2 aromatic rings. The maximum Gasteiger partial charge on any atom is 0.234 e. The minimum atomic E-state index is -0.701. The summed E-state index contributed by atoms with van der Waals surface area (Å²) in [5.74, 6) is -0.113. The summed E-state index contributed by atoms with van der Waals surface area (Å²) in [6, 6.07) is 12.4. The number of benzene rings is 1. The summed E-state index contributed by atoms with van der Waals surface area (Å²) in [7, 11) is 0. The van der Waals surface area contributed by atoms with E-state index >= 15 is 0 Å². The Morgan fingerprint density at radius 1 is 1.30 bits per heavy atom. The smallest absolute Gasteiger partial charge is 0.234 e. The van der Waals surface area contributed by atoms with Crippen molar-refractivity contribution in [1.29, 1.82) is 5.26 Å². The number of rotatable bonds is 7. The van der Waals surface area contributed by atoms with Crippen LogP contribution in [-0.4, -0.2) is 26.9 Å². The molecule has 6 nitrogen and oxygen atoms in total. The summed E-state index contributed by atoms with van der Waals surface area (Å²) in [6.45, 7) is 2.52. The SMILES string of the molecule is C[C@@H](Sc1nnc(NCc2ccccc2)s1)C(=O)NC1(C#N)CCCCC1. The standard InChI is InChI=1S/C19H23N5OS2/c1-14(16(25)22-19(13-20)10-6-3-7-11-19)26-18-24-23-17(27-18)21-12-15-8-4-2-5-9-15/h2,4-5,8-9,14H,3,6-7,10-12H2,1H3,(H,21,23)(H,22,25)/t14-/m1/s1. The first kappa shape index (κ1) is 19.6. The number of nitrogens with zero attached hydrogens (tertiary/aromatic N) is 3. The summed E-state index contributed by atoms with van der Waals surface area (Å²) in [5.41, 5.74) is 0.470. The van der Waals surface area contributed by atoms with E-state index in [0.29, 0.717) is 6.54 Å². The lowest BCUT2D eigenvalue weighted by Gasteiger charge is -2.32. The second-order valence-electron chi connectivity index (χ2n) is 6.72. The number of anilines is 1. The number of amides is 1. The predicted molar refractivity (Wildman–Crippen MR) is 109 cm³/mol. The van der Waals surface area contributed by atoms with Crippen molar-refractivity contribution in [3.8, 4) is 6.07 Å². The zero-order chi connectivity index (χ0) is 19.1. The van der Waals surface area contributed by atoms with Gasteiger partial charge in [-0.25, -0.2) is 0 Å². The number of aromatic nitrogens is 2. The Bertz CT molecular complexity index is 796. The molecule has 1 aliphatic rings. The van der Waals surface area contributed by atoms with E-state index in [1.165, 1.54) is 28.7 Å². The Morgan fingerprint density at radius 2 is 2.04 bits per heavy atom. The molecule has 0 saturated heterocycles. The van der Waals surface area contributed by atoms with Crippen LogP contribution < -0.4 is 10.6 Å². The molecule has 1 aromatic carbocycles. The minimum Gasteiger partial charge on any atom is -0.356 e. The van der Waals surface area contributed by atoms with Crippen molar-refractivity contribution in [3.05, 3.63) is 35.9 Å². The molecule has 1 atom stereocenters. The first-order valence-electron chi connectivity index (χ1n) is 9.11. The monoisotopic (exact) mass is 401 g/mol. The third-order valence-corrected chi connectivity index (χ3v) is 6.69.